The largest absolute Gasteiger partial charge is 0.495 e. The van der Waals surface area contributed by atoms with Crippen LogP contribution in [-0.4, -0.2) is 27.7 Å². The number of hydrogen-bond acceptors (Lipinski definition) is 3. The molecule has 5 heteroatoms. The molecule has 5 nitrogen and oxygen atoms in total. The summed E-state index contributed by atoms with van der Waals surface area (Å²) in [7, 11) is 1.54. The van der Waals surface area contributed by atoms with Crippen molar-refractivity contribution in [2.24, 2.45) is 0 Å². The van der Waals surface area contributed by atoms with Crippen LogP contribution in [0, 0.1) is 6.92 Å². The Kier molecular flexibility index (Phi) is 2.82. The van der Waals surface area contributed by atoms with Crippen LogP contribution in [0.5, 0.6) is 5.75 Å². The monoisotopic (exact) mass is 232 g/mol. The Labute approximate surface area is 98.3 Å². The van der Waals surface area contributed by atoms with Gasteiger partial charge in [0.2, 0.25) is 0 Å². The minimum absolute atomic E-state index is 0.215. The summed E-state index contributed by atoms with van der Waals surface area (Å²) >= 11 is 0. The number of nitrogens with zero attached hydrogens (tertiary/aromatic N) is 2. The predicted octanol–water partition coefficient (Wildman–Crippen LogP) is 1.89. The molecular weight excluding hydrogens is 220 g/mol. The first kappa shape index (κ1) is 11.2. The van der Waals surface area contributed by atoms with Crippen LogP contribution in [0.4, 0.5) is 0 Å². The van der Waals surface area contributed by atoms with Crippen molar-refractivity contribution < 1.29 is 14.6 Å². The van der Waals surface area contributed by atoms with Crippen LogP contribution in [-0.2, 0) is 0 Å². The number of methoxy groups -OCH3 is 1. The van der Waals surface area contributed by atoms with Gasteiger partial charge in [-0.15, -0.1) is 0 Å². The molecule has 1 aromatic heterocycles. The van der Waals surface area contributed by atoms with Crippen LogP contribution in [0.3, 0.4) is 0 Å². The molecule has 2 rings (SSSR count). The molecule has 0 saturated carbocycles. The number of carboxylic acids is 1. The zero-order chi connectivity index (χ0) is 12.4. The van der Waals surface area contributed by atoms with E-state index in [1.807, 2.05) is 13.1 Å². The van der Waals surface area contributed by atoms with E-state index in [9.17, 15) is 4.79 Å². The van der Waals surface area contributed by atoms with Gasteiger partial charge in [0.1, 0.15) is 5.75 Å². The summed E-state index contributed by atoms with van der Waals surface area (Å²) in [4.78, 5) is 15.0. The molecule has 1 heterocycles. The summed E-state index contributed by atoms with van der Waals surface area (Å²) in [6.07, 6.45) is 3.43. The van der Waals surface area contributed by atoms with E-state index in [4.69, 9.17) is 9.84 Å². The molecule has 0 amide bonds. The van der Waals surface area contributed by atoms with Gasteiger partial charge in [0.15, 0.2) is 0 Å². The van der Waals surface area contributed by atoms with Crippen molar-refractivity contribution in [2.45, 2.75) is 6.92 Å². The number of aromatic nitrogens is 2. The molecule has 17 heavy (non-hydrogen) atoms. The van der Waals surface area contributed by atoms with Gasteiger partial charge in [0.05, 0.1) is 30.4 Å². The third-order valence-corrected chi connectivity index (χ3v) is 2.42. The summed E-state index contributed by atoms with van der Waals surface area (Å²) in [5.74, 6) is -0.363. The second-order valence-electron chi connectivity index (χ2n) is 3.61. The lowest BCUT2D eigenvalue weighted by molar-refractivity contribution is 0.0697. The number of carboxylic acid groups (broad SMARTS) is 1. The molecule has 0 aliphatic heterocycles. The SMILES string of the molecule is COc1ccc(C(=O)O)cc1-n1cnc(C)c1. The van der Waals surface area contributed by atoms with Gasteiger partial charge in [0.25, 0.3) is 0 Å². The zero-order valence-corrected chi connectivity index (χ0v) is 9.54. The van der Waals surface area contributed by atoms with Gasteiger partial charge in [-0.05, 0) is 25.1 Å². The molecule has 0 bridgehead atoms. The first-order valence-electron chi connectivity index (χ1n) is 5.04. The third kappa shape index (κ3) is 2.13. The molecule has 0 atom stereocenters. The Bertz CT molecular complexity index is 561. The second-order valence-corrected chi connectivity index (χ2v) is 3.61. The van der Waals surface area contributed by atoms with Gasteiger partial charge in [-0.3, -0.25) is 0 Å². The highest BCUT2D eigenvalue weighted by Gasteiger charge is 2.10. The van der Waals surface area contributed by atoms with Gasteiger partial charge in [0, 0.05) is 6.20 Å². The van der Waals surface area contributed by atoms with Crippen LogP contribution < -0.4 is 4.74 Å². The summed E-state index contributed by atoms with van der Waals surface area (Å²) in [5.41, 5.74) is 1.73. The van der Waals surface area contributed by atoms with Crippen molar-refractivity contribution in [3.05, 3.63) is 42.0 Å². The van der Waals surface area contributed by atoms with Crippen LogP contribution in [0.2, 0.25) is 0 Å². The fourth-order valence-electron chi connectivity index (χ4n) is 1.58. The highest BCUT2D eigenvalue weighted by molar-refractivity contribution is 5.88. The van der Waals surface area contributed by atoms with Crippen molar-refractivity contribution in [2.75, 3.05) is 7.11 Å². The number of carbonyl (C=O) groups is 1. The van der Waals surface area contributed by atoms with E-state index in [1.54, 1.807) is 30.1 Å². The maximum absolute atomic E-state index is 10.9. The van der Waals surface area contributed by atoms with Gasteiger partial charge >= 0.3 is 5.97 Å². The van der Waals surface area contributed by atoms with Crippen LogP contribution in [0.1, 0.15) is 16.1 Å². The Morgan fingerprint density at radius 1 is 1.47 bits per heavy atom. The standard InChI is InChI=1S/C12H12N2O3/c1-8-6-14(7-13-8)10-5-9(12(15)16)3-4-11(10)17-2/h3-7H,1-2H3,(H,15,16). The molecule has 0 spiro atoms. The Hall–Kier alpha value is -2.30. The van der Waals surface area contributed by atoms with Gasteiger partial charge in [-0.2, -0.15) is 0 Å². The third-order valence-electron chi connectivity index (χ3n) is 2.42. The number of hydrogen-bond donors (Lipinski definition) is 1. The molecule has 0 aliphatic rings. The lowest BCUT2D eigenvalue weighted by Gasteiger charge is -2.09. The van der Waals surface area contributed by atoms with Crippen molar-refractivity contribution in [1.82, 2.24) is 9.55 Å². The quantitative estimate of drug-likeness (QED) is 0.877. The normalized spacial score (nSPS) is 10.2. The minimum Gasteiger partial charge on any atom is -0.495 e. The maximum atomic E-state index is 10.9. The molecule has 0 fully saturated rings. The molecule has 0 aliphatic carbocycles. The van der Waals surface area contributed by atoms with Crippen LogP contribution in [0.25, 0.3) is 5.69 Å². The minimum atomic E-state index is -0.967. The van der Waals surface area contributed by atoms with Crippen molar-refractivity contribution in [1.29, 1.82) is 0 Å². The van der Waals surface area contributed by atoms with Crippen LogP contribution >= 0.6 is 0 Å². The molecule has 1 aromatic carbocycles. The molecule has 0 saturated heterocycles. The van der Waals surface area contributed by atoms with Gasteiger partial charge in [-0.1, -0.05) is 0 Å². The number of rotatable bonds is 3. The van der Waals surface area contributed by atoms with E-state index in [1.165, 1.54) is 6.07 Å². The fraction of sp³-hybridized carbons (Fsp3) is 0.167. The van der Waals surface area contributed by atoms with E-state index in [2.05, 4.69) is 4.98 Å². The molecule has 0 radical (unpaired) electrons. The van der Waals surface area contributed by atoms with Crippen LogP contribution in [0.15, 0.2) is 30.7 Å². The first-order chi connectivity index (χ1) is 8.11. The average molecular weight is 232 g/mol. The molecular formula is C12H12N2O3. The number of ether oxygens (including phenoxy) is 1. The number of benzene rings is 1. The highest BCUT2D eigenvalue weighted by Crippen LogP contribution is 2.24. The van der Waals surface area contributed by atoms with E-state index in [-0.39, 0.29) is 5.56 Å². The van der Waals surface area contributed by atoms with E-state index in [0.29, 0.717) is 11.4 Å². The molecule has 2 aromatic rings. The summed E-state index contributed by atoms with van der Waals surface area (Å²) in [6.45, 7) is 1.87. The molecule has 0 unspecified atom stereocenters. The zero-order valence-electron chi connectivity index (χ0n) is 9.54. The number of aromatic carboxylic acids is 1. The van der Waals surface area contributed by atoms with E-state index < -0.39 is 5.97 Å². The topological polar surface area (TPSA) is 64.3 Å². The summed E-state index contributed by atoms with van der Waals surface area (Å²) in [6, 6.07) is 4.70. The Morgan fingerprint density at radius 3 is 2.76 bits per heavy atom. The number of imidazole rings is 1. The van der Waals surface area contributed by atoms with Gasteiger partial charge < -0.3 is 14.4 Å². The van der Waals surface area contributed by atoms with Gasteiger partial charge in [-0.25, -0.2) is 9.78 Å². The summed E-state index contributed by atoms with van der Waals surface area (Å²) < 4.78 is 6.94. The predicted molar refractivity (Wildman–Crippen MR) is 61.8 cm³/mol. The lowest BCUT2D eigenvalue weighted by atomic mass is 10.2. The van der Waals surface area contributed by atoms with E-state index >= 15 is 0 Å². The Morgan fingerprint density at radius 2 is 2.24 bits per heavy atom. The van der Waals surface area contributed by atoms with E-state index in [0.717, 1.165) is 5.69 Å². The fourth-order valence-corrected chi connectivity index (χ4v) is 1.58. The second kappa shape index (κ2) is 4.29. The lowest BCUT2D eigenvalue weighted by Crippen LogP contribution is -2.01. The highest BCUT2D eigenvalue weighted by atomic mass is 16.5. The van der Waals surface area contributed by atoms with Crippen molar-refractivity contribution in [3.8, 4) is 11.4 Å². The van der Waals surface area contributed by atoms with Crippen molar-refractivity contribution in [3.63, 3.8) is 0 Å². The Balaban J connectivity index is 2.57. The van der Waals surface area contributed by atoms with Crippen molar-refractivity contribution >= 4 is 5.97 Å². The average Bonchev–Trinajstić information content (AvgIpc) is 2.74. The summed E-state index contributed by atoms with van der Waals surface area (Å²) in [5, 5.41) is 8.96. The molecule has 88 valence electrons. The maximum Gasteiger partial charge on any atom is 0.335 e. The molecule has 1 N–H and O–H groups in total. The smallest absolute Gasteiger partial charge is 0.335 e. The number of aryl methyl sites for hydroxylation is 1. The first-order valence-corrected chi connectivity index (χ1v) is 5.04.